The summed E-state index contributed by atoms with van der Waals surface area (Å²) in [5.41, 5.74) is 2.25. The number of fused-ring (bicyclic) bond motifs is 1. The van der Waals surface area contributed by atoms with Crippen LogP contribution in [0.2, 0.25) is 10.3 Å². The molecule has 1 saturated heterocycles. The summed E-state index contributed by atoms with van der Waals surface area (Å²) >= 11 is 12.5. The van der Waals surface area contributed by atoms with Gasteiger partial charge in [0.25, 0.3) is 0 Å². The summed E-state index contributed by atoms with van der Waals surface area (Å²) in [6, 6.07) is 8.86. The number of hydrogen-bond donors (Lipinski definition) is 1. The number of morpholine rings is 1. The first kappa shape index (κ1) is 18.0. The number of hydrogen-bond acceptors (Lipinski definition) is 4. The van der Waals surface area contributed by atoms with E-state index in [9.17, 15) is 9.90 Å². The lowest BCUT2D eigenvalue weighted by Gasteiger charge is -2.37. The van der Waals surface area contributed by atoms with Crippen molar-refractivity contribution in [2.24, 2.45) is 0 Å². The minimum absolute atomic E-state index is 0.119. The zero-order valence-electron chi connectivity index (χ0n) is 14.3. The second-order valence-corrected chi connectivity index (χ2v) is 7.14. The quantitative estimate of drug-likeness (QED) is 0.645. The summed E-state index contributed by atoms with van der Waals surface area (Å²) in [5.74, 6) is 0. The van der Waals surface area contributed by atoms with E-state index in [0.29, 0.717) is 34.5 Å². The molecule has 0 bridgehead atoms. The first-order chi connectivity index (χ1) is 13.0. The molecule has 27 heavy (non-hydrogen) atoms. The normalized spacial score (nSPS) is 20.2. The molecule has 0 unspecified atom stereocenters. The number of carbonyl (C=O) groups is 1. The lowest BCUT2D eigenvalue weighted by atomic mass is 10.0. The molecule has 1 amide bonds. The van der Waals surface area contributed by atoms with Crippen LogP contribution >= 0.6 is 23.2 Å². The molecular formula is C18H16Cl2N4O3. The van der Waals surface area contributed by atoms with E-state index in [4.69, 9.17) is 27.9 Å². The van der Waals surface area contributed by atoms with Gasteiger partial charge in [-0.1, -0.05) is 35.3 Å². The van der Waals surface area contributed by atoms with E-state index in [1.807, 2.05) is 31.2 Å². The maximum Gasteiger partial charge on any atom is 0.407 e. The third kappa shape index (κ3) is 3.22. The summed E-state index contributed by atoms with van der Waals surface area (Å²) in [6.45, 7) is 2.52. The van der Waals surface area contributed by atoms with Crippen molar-refractivity contribution in [3.05, 3.63) is 52.5 Å². The molecule has 7 nitrogen and oxygen atoms in total. The zero-order valence-corrected chi connectivity index (χ0v) is 15.9. The molecule has 4 rings (SSSR count). The first-order valence-electron chi connectivity index (χ1n) is 8.34. The van der Waals surface area contributed by atoms with Gasteiger partial charge in [0, 0.05) is 5.69 Å². The molecule has 140 valence electrons. The average Bonchev–Trinajstić information content (AvgIpc) is 2.99. The van der Waals surface area contributed by atoms with E-state index < -0.39 is 6.09 Å². The Labute approximate surface area is 165 Å². The minimum atomic E-state index is -0.954. The minimum Gasteiger partial charge on any atom is -0.465 e. The van der Waals surface area contributed by atoms with Crippen molar-refractivity contribution in [2.45, 2.75) is 19.1 Å². The number of benzene rings is 1. The summed E-state index contributed by atoms with van der Waals surface area (Å²) < 4.78 is 7.42. The van der Waals surface area contributed by atoms with Crippen molar-refractivity contribution in [2.75, 3.05) is 13.2 Å². The van der Waals surface area contributed by atoms with Crippen molar-refractivity contribution < 1.29 is 14.6 Å². The Bertz CT molecular complexity index is 1010. The van der Waals surface area contributed by atoms with Gasteiger partial charge in [-0.25, -0.2) is 14.8 Å². The smallest absolute Gasteiger partial charge is 0.407 e. The van der Waals surface area contributed by atoms with Crippen LogP contribution in [0.25, 0.3) is 16.7 Å². The second kappa shape index (κ2) is 6.99. The highest BCUT2D eigenvalue weighted by molar-refractivity contribution is 6.36. The first-order valence-corrected chi connectivity index (χ1v) is 9.10. The second-order valence-electron chi connectivity index (χ2n) is 6.39. The van der Waals surface area contributed by atoms with Gasteiger partial charge < -0.3 is 9.84 Å². The lowest BCUT2D eigenvalue weighted by molar-refractivity contribution is -0.0465. The Morgan fingerprint density at radius 3 is 2.70 bits per heavy atom. The van der Waals surface area contributed by atoms with Crippen molar-refractivity contribution in [3.8, 4) is 5.69 Å². The van der Waals surface area contributed by atoms with Crippen molar-refractivity contribution >= 4 is 40.3 Å². The van der Waals surface area contributed by atoms with E-state index in [2.05, 4.69) is 9.97 Å². The molecule has 1 fully saturated rings. The highest BCUT2D eigenvalue weighted by atomic mass is 35.5. The Hall–Kier alpha value is -2.35. The van der Waals surface area contributed by atoms with Crippen LogP contribution in [0.1, 0.15) is 18.5 Å². The molecule has 1 N–H and O–H groups in total. The molecular weight excluding hydrogens is 391 g/mol. The number of nitrogens with zero attached hydrogens (tertiary/aromatic N) is 4. The molecule has 0 radical (unpaired) electrons. The Morgan fingerprint density at radius 2 is 2.00 bits per heavy atom. The fourth-order valence-electron chi connectivity index (χ4n) is 3.33. The maximum absolute atomic E-state index is 11.6. The average molecular weight is 407 g/mol. The fourth-order valence-corrected chi connectivity index (χ4v) is 3.80. The number of ether oxygens (including phenoxy) is 1. The largest absolute Gasteiger partial charge is 0.465 e. The van der Waals surface area contributed by atoms with Gasteiger partial charge in [0.2, 0.25) is 0 Å². The van der Waals surface area contributed by atoms with Gasteiger partial charge >= 0.3 is 6.09 Å². The molecule has 2 atom stereocenters. The van der Waals surface area contributed by atoms with E-state index in [-0.39, 0.29) is 12.1 Å². The fraction of sp³-hybridized carbons (Fsp3) is 0.278. The van der Waals surface area contributed by atoms with Crippen LogP contribution in [0, 0.1) is 0 Å². The maximum atomic E-state index is 11.6. The van der Waals surface area contributed by atoms with Crippen LogP contribution in [0.5, 0.6) is 0 Å². The van der Waals surface area contributed by atoms with E-state index in [1.54, 1.807) is 10.6 Å². The van der Waals surface area contributed by atoms with Gasteiger partial charge in [0.1, 0.15) is 16.6 Å². The molecule has 1 aromatic carbocycles. The highest BCUT2D eigenvalue weighted by Crippen LogP contribution is 2.31. The van der Waals surface area contributed by atoms with Gasteiger partial charge in [-0.3, -0.25) is 9.47 Å². The number of halogens is 2. The standard InChI is InChI=1S/C18H16Cl2N4O3/c1-10-7-23(18(25)26)14(8-27-10)11-2-4-12(5-3-11)24-15(19)6-13-16(20)21-9-22-17(13)24/h2-6,9-10,14H,7-8H2,1H3,(H,25,26)/t10-,14+/m0/s1. The molecule has 1 aliphatic heterocycles. The lowest BCUT2D eigenvalue weighted by Crippen LogP contribution is -2.46. The molecule has 0 spiro atoms. The molecule has 1 aliphatic rings. The van der Waals surface area contributed by atoms with Gasteiger partial charge in [0.05, 0.1) is 30.7 Å². The highest BCUT2D eigenvalue weighted by Gasteiger charge is 2.31. The zero-order chi connectivity index (χ0) is 19.1. The van der Waals surface area contributed by atoms with Crippen molar-refractivity contribution in [1.29, 1.82) is 0 Å². The monoisotopic (exact) mass is 406 g/mol. The van der Waals surface area contributed by atoms with Crippen LogP contribution in [-0.4, -0.2) is 49.9 Å². The predicted octanol–water partition coefficient (Wildman–Crippen LogP) is 4.17. The molecule has 0 aliphatic carbocycles. The van der Waals surface area contributed by atoms with Gasteiger partial charge in [-0.2, -0.15) is 0 Å². The predicted molar refractivity (Wildman–Crippen MR) is 102 cm³/mol. The number of carboxylic acid groups (broad SMARTS) is 1. The Balaban J connectivity index is 1.70. The molecule has 0 saturated carbocycles. The van der Waals surface area contributed by atoms with Crippen molar-refractivity contribution in [3.63, 3.8) is 0 Å². The van der Waals surface area contributed by atoms with Crippen LogP contribution in [0.4, 0.5) is 4.79 Å². The van der Waals surface area contributed by atoms with E-state index in [0.717, 1.165) is 11.3 Å². The van der Waals surface area contributed by atoms with E-state index >= 15 is 0 Å². The van der Waals surface area contributed by atoms with Crippen LogP contribution in [0.3, 0.4) is 0 Å². The van der Waals surface area contributed by atoms with Crippen LogP contribution in [-0.2, 0) is 4.74 Å². The third-order valence-corrected chi connectivity index (χ3v) is 5.23. The van der Waals surface area contributed by atoms with Crippen molar-refractivity contribution in [1.82, 2.24) is 19.4 Å². The SMILES string of the molecule is C[C@H]1CN(C(=O)O)[C@@H](c2ccc(-n3c(Cl)cc4c(Cl)ncnc43)cc2)CO1. The third-order valence-electron chi connectivity index (χ3n) is 4.65. The summed E-state index contributed by atoms with van der Waals surface area (Å²) in [7, 11) is 0. The Morgan fingerprint density at radius 1 is 1.26 bits per heavy atom. The summed E-state index contributed by atoms with van der Waals surface area (Å²) in [6.07, 6.45) is 0.313. The molecule has 9 heteroatoms. The van der Waals surface area contributed by atoms with Gasteiger partial charge in [-0.05, 0) is 30.7 Å². The van der Waals surface area contributed by atoms with Crippen LogP contribution < -0.4 is 0 Å². The number of aromatic nitrogens is 3. The summed E-state index contributed by atoms with van der Waals surface area (Å²) in [4.78, 5) is 21.2. The van der Waals surface area contributed by atoms with Gasteiger partial charge in [0.15, 0.2) is 5.65 Å². The summed E-state index contributed by atoms with van der Waals surface area (Å²) in [5, 5.41) is 11.0. The van der Waals surface area contributed by atoms with Crippen LogP contribution in [0.15, 0.2) is 36.7 Å². The number of amides is 1. The molecule has 2 aromatic heterocycles. The Kier molecular flexibility index (Phi) is 4.67. The topological polar surface area (TPSA) is 80.5 Å². The molecule has 3 aromatic rings. The van der Waals surface area contributed by atoms with Gasteiger partial charge in [-0.15, -0.1) is 0 Å². The van der Waals surface area contributed by atoms with E-state index in [1.165, 1.54) is 11.2 Å². The molecule has 3 heterocycles. The number of rotatable bonds is 2.